The third-order valence-corrected chi connectivity index (χ3v) is 4.41. The molecule has 104 valence electrons. The van der Waals surface area contributed by atoms with Crippen molar-refractivity contribution in [3.63, 3.8) is 0 Å². The van der Waals surface area contributed by atoms with E-state index < -0.39 is 0 Å². The molecule has 2 aromatic heterocycles. The van der Waals surface area contributed by atoms with Crippen molar-refractivity contribution < 1.29 is 0 Å². The number of halogens is 1. The van der Waals surface area contributed by atoms with E-state index >= 15 is 0 Å². The maximum atomic E-state index is 4.47. The summed E-state index contributed by atoms with van der Waals surface area (Å²) < 4.78 is 2.81. The smallest absolute Gasteiger partial charge is 0.155 e. The Hall–Kier alpha value is -1.09. The Morgan fingerprint density at radius 2 is 1.85 bits per heavy atom. The summed E-state index contributed by atoms with van der Waals surface area (Å²) in [7, 11) is 0. The summed E-state index contributed by atoms with van der Waals surface area (Å²) in [5.74, 6) is 7.29. The van der Waals surface area contributed by atoms with Gasteiger partial charge in [-0.3, -0.25) is 0 Å². The second kappa shape index (κ2) is 6.57. The molecule has 0 amide bonds. The molecule has 0 N–H and O–H groups in total. The first-order chi connectivity index (χ1) is 9.83. The minimum Gasteiger partial charge on any atom is -0.234 e. The molecule has 20 heavy (non-hydrogen) atoms. The zero-order chi connectivity index (χ0) is 13.8. The largest absolute Gasteiger partial charge is 0.234 e. The first-order valence-electron chi connectivity index (χ1n) is 7.35. The monoisotopic (exact) mass is 379 g/mol. The summed E-state index contributed by atoms with van der Waals surface area (Å²) in [6.45, 7) is 0. The highest BCUT2D eigenvalue weighted by Crippen LogP contribution is 2.21. The molecule has 0 bridgehead atoms. The summed E-state index contributed by atoms with van der Waals surface area (Å²) in [6.07, 6.45) is 11.1. The molecule has 4 heteroatoms. The summed E-state index contributed by atoms with van der Waals surface area (Å²) >= 11 is 2.22. The predicted octanol–water partition coefficient (Wildman–Crippen LogP) is 4.05. The summed E-state index contributed by atoms with van der Waals surface area (Å²) in [6, 6.07) is 3.95. The molecule has 0 radical (unpaired) electrons. The van der Waals surface area contributed by atoms with Crippen LogP contribution in [0.15, 0.2) is 18.3 Å². The fraction of sp³-hybridized carbons (Fsp3) is 0.500. The van der Waals surface area contributed by atoms with Crippen molar-refractivity contribution in [2.75, 3.05) is 0 Å². The van der Waals surface area contributed by atoms with Crippen LogP contribution >= 0.6 is 22.6 Å². The molecular formula is C16H18IN3. The van der Waals surface area contributed by atoms with Gasteiger partial charge in [0, 0.05) is 5.92 Å². The van der Waals surface area contributed by atoms with Crippen LogP contribution in [0.2, 0.25) is 0 Å². The SMILES string of the molecule is Ic1ccc2ncc(C#CC3CCCCCCC3)n2n1. The van der Waals surface area contributed by atoms with Crippen molar-refractivity contribution >= 4 is 28.2 Å². The van der Waals surface area contributed by atoms with Crippen molar-refractivity contribution in [1.29, 1.82) is 0 Å². The number of imidazole rings is 1. The zero-order valence-electron chi connectivity index (χ0n) is 11.5. The normalized spacial score (nSPS) is 17.2. The Bertz CT molecular complexity index is 643. The van der Waals surface area contributed by atoms with Gasteiger partial charge in [0.05, 0.1) is 6.20 Å². The van der Waals surface area contributed by atoms with Crippen LogP contribution in [0, 0.1) is 21.5 Å². The molecule has 1 fully saturated rings. The minimum atomic E-state index is 0.545. The third-order valence-electron chi connectivity index (χ3n) is 3.84. The van der Waals surface area contributed by atoms with Crippen LogP contribution < -0.4 is 0 Å². The molecule has 2 aromatic rings. The highest BCUT2D eigenvalue weighted by atomic mass is 127. The first-order valence-corrected chi connectivity index (χ1v) is 8.42. The van der Waals surface area contributed by atoms with Gasteiger partial charge >= 0.3 is 0 Å². The quantitative estimate of drug-likeness (QED) is 0.511. The number of hydrogen-bond donors (Lipinski definition) is 0. The second-order valence-electron chi connectivity index (χ2n) is 5.38. The number of rotatable bonds is 0. The van der Waals surface area contributed by atoms with Crippen LogP contribution in [0.3, 0.4) is 0 Å². The predicted molar refractivity (Wildman–Crippen MR) is 88.4 cm³/mol. The molecular weight excluding hydrogens is 361 g/mol. The van der Waals surface area contributed by atoms with Gasteiger partial charge in [-0.25, -0.2) is 9.50 Å². The van der Waals surface area contributed by atoms with Crippen LogP contribution in [0.25, 0.3) is 5.65 Å². The number of fused-ring (bicyclic) bond motifs is 1. The lowest BCUT2D eigenvalue weighted by Gasteiger charge is -2.13. The summed E-state index contributed by atoms with van der Waals surface area (Å²) in [4.78, 5) is 4.35. The van der Waals surface area contributed by atoms with E-state index in [2.05, 4.69) is 44.5 Å². The second-order valence-corrected chi connectivity index (χ2v) is 6.49. The third kappa shape index (κ3) is 3.32. The molecule has 0 aliphatic heterocycles. The van der Waals surface area contributed by atoms with E-state index in [1.807, 2.05) is 22.8 Å². The molecule has 0 atom stereocenters. The van der Waals surface area contributed by atoms with Gasteiger partial charge in [0.1, 0.15) is 9.39 Å². The fourth-order valence-electron chi connectivity index (χ4n) is 2.71. The van der Waals surface area contributed by atoms with E-state index in [0.29, 0.717) is 5.92 Å². The maximum absolute atomic E-state index is 4.47. The van der Waals surface area contributed by atoms with Gasteiger partial charge in [0.25, 0.3) is 0 Å². The lowest BCUT2D eigenvalue weighted by molar-refractivity contribution is 0.444. The van der Waals surface area contributed by atoms with E-state index in [9.17, 15) is 0 Å². The first kappa shape index (κ1) is 13.9. The zero-order valence-corrected chi connectivity index (χ0v) is 13.6. The topological polar surface area (TPSA) is 30.2 Å². The fourth-order valence-corrected chi connectivity index (χ4v) is 3.11. The van der Waals surface area contributed by atoms with Crippen molar-refractivity contribution in [3.05, 3.63) is 27.7 Å². The van der Waals surface area contributed by atoms with Crippen LogP contribution in [-0.2, 0) is 0 Å². The van der Waals surface area contributed by atoms with Gasteiger partial charge in [-0.2, -0.15) is 5.10 Å². The van der Waals surface area contributed by atoms with Crippen LogP contribution in [0.1, 0.15) is 50.6 Å². The molecule has 0 unspecified atom stereocenters. The highest BCUT2D eigenvalue weighted by Gasteiger charge is 2.09. The van der Waals surface area contributed by atoms with Crippen molar-refractivity contribution in [3.8, 4) is 11.8 Å². The van der Waals surface area contributed by atoms with Gasteiger partial charge in [-0.1, -0.05) is 38.0 Å². The number of aromatic nitrogens is 3. The van der Waals surface area contributed by atoms with E-state index in [0.717, 1.165) is 15.0 Å². The van der Waals surface area contributed by atoms with Crippen LogP contribution in [-0.4, -0.2) is 14.6 Å². The Morgan fingerprint density at radius 1 is 1.10 bits per heavy atom. The van der Waals surface area contributed by atoms with Gasteiger partial charge < -0.3 is 0 Å². The van der Waals surface area contributed by atoms with Crippen molar-refractivity contribution in [2.24, 2.45) is 5.92 Å². The molecule has 1 aliphatic carbocycles. The van der Waals surface area contributed by atoms with Crippen molar-refractivity contribution in [1.82, 2.24) is 14.6 Å². The molecule has 1 saturated carbocycles. The lowest BCUT2D eigenvalue weighted by atomic mass is 9.91. The molecule has 3 nitrogen and oxygen atoms in total. The average molecular weight is 379 g/mol. The average Bonchev–Trinajstić information content (AvgIpc) is 2.80. The Kier molecular flexibility index (Phi) is 4.56. The van der Waals surface area contributed by atoms with Gasteiger partial charge in [0.2, 0.25) is 0 Å². The van der Waals surface area contributed by atoms with E-state index in [-0.39, 0.29) is 0 Å². The summed E-state index contributed by atoms with van der Waals surface area (Å²) in [5, 5.41) is 4.47. The number of hydrogen-bond acceptors (Lipinski definition) is 2. The van der Waals surface area contributed by atoms with Crippen molar-refractivity contribution in [2.45, 2.75) is 44.9 Å². The van der Waals surface area contributed by atoms with Gasteiger partial charge in [-0.05, 0) is 53.5 Å². The molecule has 3 rings (SSSR count). The van der Waals surface area contributed by atoms with Crippen LogP contribution in [0.4, 0.5) is 0 Å². The van der Waals surface area contributed by atoms with Crippen LogP contribution in [0.5, 0.6) is 0 Å². The molecule has 2 heterocycles. The number of nitrogens with zero attached hydrogens (tertiary/aromatic N) is 3. The van der Waals surface area contributed by atoms with E-state index in [4.69, 9.17) is 0 Å². The Balaban J connectivity index is 1.81. The molecule has 0 spiro atoms. The van der Waals surface area contributed by atoms with Gasteiger partial charge in [0.15, 0.2) is 5.65 Å². The standard InChI is InChI=1S/C16H18IN3/c17-15-10-11-16-18-12-14(20(16)19-15)9-8-13-6-4-2-1-3-5-7-13/h10-13H,1-7H2. The maximum Gasteiger partial charge on any atom is 0.155 e. The lowest BCUT2D eigenvalue weighted by Crippen LogP contribution is -2.01. The van der Waals surface area contributed by atoms with Gasteiger partial charge in [-0.15, -0.1) is 0 Å². The van der Waals surface area contributed by atoms with E-state index in [1.165, 1.54) is 44.9 Å². The molecule has 0 aromatic carbocycles. The highest BCUT2D eigenvalue weighted by molar-refractivity contribution is 14.1. The summed E-state index contributed by atoms with van der Waals surface area (Å²) in [5.41, 5.74) is 1.77. The van der Waals surface area contributed by atoms with E-state index in [1.54, 1.807) is 0 Å². The Labute approximate surface area is 133 Å². The molecule has 1 aliphatic rings. The minimum absolute atomic E-state index is 0.545. The Morgan fingerprint density at radius 3 is 2.65 bits per heavy atom. The molecule has 0 saturated heterocycles.